The summed E-state index contributed by atoms with van der Waals surface area (Å²) in [5, 5.41) is 6.74. The molecule has 16 heavy (non-hydrogen) atoms. The van der Waals surface area contributed by atoms with Crippen molar-refractivity contribution in [2.75, 3.05) is 27.3 Å². The van der Waals surface area contributed by atoms with Crippen molar-refractivity contribution in [2.24, 2.45) is 5.10 Å². The molecule has 0 N–H and O–H groups in total. The maximum atomic E-state index is 5.55. The molecule has 0 rings (SSSR count). The van der Waals surface area contributed by atoms with Crippen LogP contribution < -0.4 is 0 Å². The van der Waals surface area contributed by atoms with Gasteiger partial charge in [0.15, 0.2) is 0 Å². The highest BCUT2D eigenvalue weighted by Gasteiger charge is 2.19. The van der Waals surface area contributed by atoms with Gasteiger partial charge in [-0.25, -0.2) is 0 Å². The average Bonchev–Trinajstić information content (AvgIpc) is 2.17. The van der Waals surface area contributed by atoms with Gasteiger partial charge >= 0.3 is 0 Å². The molecule has 0 unspecified atom stereocenters. The number of nitrogens with zero attached hydrogens (tertiary/aromatic N) is 2. The number of hydrogen-bond acceptors (Lipinski definition) is 5. The molecule has 0 amide bonds. The molecular formula is C10H21N2O2PS. The molecule has 0 bridgehead atoms. The SMILES string of the molecule is CCOP(=S)(OCC)/C(C)=C\C=N\N(C)C. The lowest BCUT2D eigenvalue weighted by molar-refractivity contribution is 0.272. The van der Waals surface area contributed by atoms with Gasteiger partial charge in [0.25, 0.3) is 0 Å². The monoisotopic (exact) mass is 264 g/mol. The Kier molecular flexibility index (Phi) is 7.85. The van der Waals surface area contributed by atoms with Crippen LogP contribution in [0, 0.1) is 0 Å². The molecule has 4 nitrogen and oxygen atoms in total. The summed E-state index contributed by atoms with van der Waals surface area (Å²) >= 11 is 5.42. The first-order valence-corrected chi connectivity index (χ1v) is 7.88. The minimum absolute atomic E-state index is 0.563. The fourth-order valence-corrected chi connectivity index (χ4v) is 3.17. The van der Waals surface area contributed by atoms with E-state index in [-0.39, 0.29) is 0 Å². The Morgan fingerprint density at radius 1 is 1.31 bits per heavy atom. The zero-order valence-electron chi connectivity index (χ0n) is 10.6. The van der Waals surface area contributed by atoms with Crippen molar-refractivity contribution < 1.29 is 9.05 Å². The summed E-state index contributed by atoms with van der Waals surface area (Å²) in [4.78, 5) is 0. The lowest BCUT2D eigenvalue weighted by Crippen LogP contribution is -2.01. The summed E-state index contributed by atoms with van der Waals surface area (Å²) in [7, 11) is 3.72. The van der Waals surface area contributed by atoms with Crippen molar-refractivity contribution in [1.29, 1.82) is 0 Å². The normalized spacial score (nSPS) is 13.4. The van der Waals surface area contributed by atoms with E-state index in [4.69, 9.17) is 20.9 Å². The van der Waals surface area contributed by atoms with E-state index < -0.39 is 6.49 Å². The van der Waals surface area contributed by atoms with Gasteiger partial charge in [0.05, 0.1) is 13.2 Å². The third-order valence-electron chi connectivity index (χ3n) is 1.64. The van der Waals surface area contributed by atoms with E-state index in [9.17, 15) is 0 Å². The maximum absolute atomic E-state index is 5.55. The molecule has 0 aliphatic carbocycles. The van der Waals surface area contributed by atoms with Crippen molar-refractivity contribution in [1.82, 2.24) is 5.01 Å². The van der Waals surface area contributed by atoms with Crippen molar-refractivity contribution >= 4 is 24.5 Å². The zero-order valence-corrected chi connectivity index (χ0v) is 12.3. The van der Waals surface area contributed by atoms with Crippen molar-refractivity contribution in [3.63, 3.8) is 0 Å². The van der Waals surface area contributed by atoms with Crippen LogP contribution in [-0.2, 0) is 20.9 Å². The minimum Gasteiger partial charge on any atom is -0.327 e. The van der Waals surface area contributed by atoms with Crippen molar-refractivity contribution in [3.05, 3.63) is 11.4 Å². The van der Waals surface area contributed by atoms with Gasteiger partial charge in [0.1, 0.15) is 0 Å². The van der Waals surface area contributed by atoms with Gasteiger partial charge in [0, 0.05) is 25.6 Å². The Labute approximate surface area is 103 Å². The highest BCUT2D eigenvalue weighted by Crippen LogP contribution is 2.55. The van der Waals surface area contributed by atoms with Crippen LogP contribution >= 0.6 is 6.49 Å². The first kappa shape index (κ1) is 15.8. The summed E-state index contributed by atoms with van der Waals surface area (Å²) in [6.07, 6.45) is 3.56. The molecule has 0 saturated heterocycles. The standard InChI is InChI=1S/C10H21N2O2PS/c1-6-13-15(16,14-7-2)10(3)8-9-11-12(4)5/h8-9H,6-7H2,1-5H3/b10-8-,11-9+. The smallest absolute Gasteiger partial charge is 0.215 e. The number of hydrogen-bond donors (Lipinski definition) is 0. The molecule has 0 heterocycles. The van der Waals surface area contributed by atoms with Gasteiger partial charge in [-0.3, -0.25) is 0 Å². The molecule has 0 aliphatic rings. The third kappa shape index (κ3) is 5.75. The predicted molar refractivity (Wildman–Crippen MR) is 73.5 cm³/mol. The Balaban J connectivity index is 4.73. The Morgan fingerprint density at radius 2 is 1.81 bits per heavy atom. The molecule has 94 valence electrons. The number of hydrazone groups is 1. The van der Waals surface area contributed by atoms with E-state index in [1.807, 2.05) is 40.9 Å². The van der Waals surface area contributed by atoms with Gasteiger partial charge in [-0.05, 0) is 38.7 Å². The van der Waals surface area contributed by atoms with E-state index >= 15 is 0 Å². The first-order chi connectivity index (χ1) is 7.46. The van der Waals surface area contributed by atoms with Crippen molar-refractivity contribution in [3.8, 4) is 0 Å². The molecule has 6 heteroatoms. The Morgan fingerprint density at radius 3 is 2.19 bits per heavy atom. The van der Waals surface area contributed by atoms with E-state index in [0.29, 0.717) is 13.2 Å². The second-order valence-corrected chi connectivity index (χ2v) is 6.91. The molecule has 0 aromatic heterocycles. The van der Waals surface area contributed by atoms with E-state index in [0.717, 1.165) is 5.31 Å². The van der Waals surface area contributed by atoms with Crippen LogP contribution in [0.15, 0.2) is 16.5 Å². The van der Waals surface area contributed by atoms with Gasteiger partial charge in [-0.2, -0.15) is 5.10 Å². The largest absolute Gasteiger partial charge is 0.327 e. The molecule has 0 aromatic carbocycles. The Hall–Kier alpha value is -0.220. The topological polar surface area (TPSA) is 34.1 Å². The second kappa shape index (κ2) is 7.96. The molecular weight excluding hydrogens is 243 g/mol. The summed E-state index contributed by atoms with van der Waals surface area (Å²) in [6.45, 7) is 4.60. The van der Waals surface area contributed by atoms with Crippen LogP contribution in [0.2, 0.25) is 0 Å². The fraction of sp³-hybridized carbons (Fsp3) is 0.700. The van der Waals surface area contributed by atoms with Gasteiger partial charge in [-0.15, -0.1) is 0 Å². The zero-order chi connectivity index (χ0) is 12.6. The number of rotatable bonds is 7. The van der Waals surface area contributed by atoms with Crippen LogP contribution in [0.1, 0.15) is 20.8 Å². The van der Waals surface area contributed by atoms with Crippen LogP contribution in [0.5, 0.6) is 0 Å². The number of allylic oxidation sites excluding steroid dienone is 2. The summed E-state index contributed by atoms with van der Waals surface area (Å²) in [5.74, 6) is 0. The van der Waals surface area contributed by atoms with E-state index in [2.05, 4.69) is 5.10 Å². The molecule has 0 saturated carbocycles. The highest BCUT2D eigenvalue weighted by atomic mass is 32.5. The molecule has 0 atom stereocenters. The molecule has 0 radical (unpaired) electrons. The summed E-state index contributed by atoms with van der Waals surface area (Å²) < 4.78 is 11.1. The molecule has 0 aromatic rings. The predicted octanol–water partition coefficient (Wildman–Crippen LogP) is 2.82. The van der Waals surface area contributed by atoms with Gasteiger partial charge in [0.2, 0.25) is 6.49 Å². The van der Waals surface area contributed by atoms with Gasteiger partial charge < -0.3 is 14.1 Å². The molecule has 0 spiro atoms. The first-order valence-electron chi connectivity index (χ1n) is 5.24. The van der Waals surface area contributed by atoms with Crippen LogP contribution in [0.3, 0.4) is 0 Å². The third-order valence-corrected chi connectivity index (χ3v) is 5.35. The molecule has 0 fully saturated rings. The minimum atomic E-state index is -2.29. The quantitative estimate of drug-likeness (QED) is 0.402. The second-order valence-electron chi connectivity index (χ2n) is 3.25. The summed E-state index contributed by atoms with van der Waals surface area (Å²) in [6, 6.07) is 0. The lowest BCUT2D eigenvalue weighted by Gasteiger charge is -2.21. The van der Waals surface area contributed by atoms with Crippen LogP contribution in [0.4, 0.5) is 0 Å². The summed E-state index contributed by atoms with van der Waals surface area (Å²) in [5.41, 5.74) is 0. The van der Waals surface area contributed by atoms with Gasteiger partial charge in [-0.1, -0.05) is 0 Å². The van der Waals surface area contributed by atoms with Crippen molar-refractivity contribution in [2.45, 2.75) is 20.8 Å². The molecule has 0 aliphatic heterocycles. The lowest BCUT2D eigenvalue weighted by atomic mass is 10.6. The average molecular weight is 264 g/mol. The fourth-order valence-electron chi connectivity index (χ4n) is 0.947. The highest BCUT2D eigenvalue weighted by molar-refractivity contribution is 8.11. The Bertz CT molecular complexity index is 293. The van der Waals surface area contributed by atoms with E-state index in [1.165, 1.54) is 0 Å². The maximum Gasteiger partial charge on any atom is 0.215 e. The van der Waals surface area contributed by atoms with E-state index in [1.54, 1.807) is 11.2 Å². The van der Waals surface area contributed by atoms with Crippen LogP contribution in [0.25, 0.3) is 0 Å². The van der Waals surface area contributed by atoms with Crippen LogP contribution in [-0.4, -0.2) is 38.5 Å².